The highest BCUT2D eigenvalue weighted by Crippen LogP contribution is 2.30. The molecular formula is C16H24N2O4. The number of carbonyl (C=O) groups is 1. The first-order valence-electron chi connectivity index (χ1n) is 7.59. The van der Waals surface area contributed by atoms with E-state index in [2.05, 4.69) is 18.5 Å². The molecule has 1 saturated heterocycles. The molecule has 122 valence electrons. The number of rotatable bonds is 6. The molecule has 2 atom stereocenters. The summed E-state index contributed by atoms with van der Waals surface area (Å²) in [7, 11) is 1.82. The van der Waals surface area contributed by atoms with Gasteiger partial charge in [0.15, 0.2) is 6.23 Å². The van der Waals surface area contributed by atoms with Gasteiger partial charge in [-0.25, -0.2) is 4.79 Å². The molecule has 0 aromatic heterocycles. The number of nitrogens with one attached hydrogen (secondary N) is 1. The van der Waals surface area contributed by atoms with Gasteiger partial charge in [-0.3, -0.25) is 5.32 Å². The van der Waals surface area contributed by atoms with Crippen molar-refractivity contribution in [1.82, 2.24) is 10.4 Å². The Bertz CT molecular complexity index is 469. The molecule has 2 aliphatic rings. The zero-order valence-electron chi connectivity index (χ0n) is 13.0. The third-order valence-corrected chi connectivity index (χ3v) is 4.22. The van der Waals surface area contributed by atoms with Crippen molar-refractivity contribution >= 4 is 5.97 Å². The minimum Gasteiger partial charge on any atom is -0.478 e. The quantitative estimate of drug-likeness (QED) is 0.446. The van der Waals surface area contributed by atoms with Gasteiger partial charge < -0.3 is 5.11 Å². The topological polar surface area (TPSA) is 71.0 Å². The average Bonchev–Trinajstić information content (AvgIpc) is 2.99. The zero-order chi connectivity index (χ0) is 16.1. The Balaban J connectivity index is 2.02. The Morgan fingerprint density at radius 3 is 2.73 bits per heavy atom. The number of hydrogen-bond acceptors (Lipinski definition) is 5. The van der Waals surface area contributed by atoms with Crippen LogP contribution in [0.25, 0.3) is 0 Å². The first-order chi connectivity index (χ1) is 10.5. The highest BCUT2D eigenvalue weighted by Gasteiger charge is 2.32. The van der Waals surface area contributed by atoms with E-state index in [1.807, 2.05) is 7.05 Å². The van der Waals surface area contributed by atoms with Gasteiger partial charge in [-0.15, -0.1) is 10.1 Å². The zero-order valence-corrected chi connectivity index (χ0v) is 13.0. The van der Waals surface area contributed by atoms with Gasteiger partial charge in [0.1, 0.15) is 0 Å². The Morgan fingerprint density at radius 1 is 1.45 bits per heavy atom. The minimum absolute atomic E-state index is 0.0169. The van der Waals surface area contributed by atoms with Crippen molar-refractivity contribution in [1.29, 1.82) is 0 Å². The molecule has 0 spiro atoms. The van der Waals surface area contributed by atoms with Crippen molar-refractivity contribution < 1.29 is 19.8 Å². The third kappa shape index (κ3) is 4.27. The predicted octanol–water partition coefficient (Wildman–Crippen LogP) is 2.37. The van der Waals surface area contributed by atoms with E-state index >= 15 is 0 Å². The monoisotopic (exact) mass is 308 g/mol. The van der Waals surface area contributed by atoms with Crippen LogP contribution in [0.5, 0.6) is 0 Å². The van der Waals surface area contributed by atoms with E-state index in [0.717, 1.165) is 6.42 Å². The molecule has 0 amide bonds. The lowest BCUT2D eigenvalue weighted by Crippen LogP contribution is -2.55. The van der Waals surface area contributed by atoms with Crippen LogP contribution in [0.15, 0.2) is 36.5 Å². The highest BCUT2D eigenvalue weighted by molar-refractivity contribution is 5.89. The Kier molecular flexibility index (Phi) is 5.90. The molecule has 2 N–H and O–H groups in total. The molecule has 1 heterocycles. The predicted molar refractivity (Wildman–Crippen MR) is 82.3 cm³/mol. The van der Waals surface area contributed by atoms with Crippen LogP contribution < -0.4 is 5.32 Å². The first kappa shape index (κ1) is 16.9. The first-order valence-corrected chi connectivity index (χ1v) is 7.59. The summed E-state index contributed by atoms with van der Waals surface area (Å²) in [4.78, 5) is 21.4. The summed E-state index contributed by atoms with van der Waals surface area (Å²) in [6.07, 6.45) is 8.49. The van der Waals surface area contributed by atoms with Crippen molar-refractivity contribution in [3.05, 3.63) is 36.5 Å². The summed E-state index contributed by atoms with van der Waals surface area (Å²) in [6.45, 7) is 7.20. The van der Waals surface area contributed by atoms with Crippen molar-refractivity contribution in [3.8, 4) is 0 Å². The van der Waals surface area contributed by atoms with E-state index in [4.69, 9.17) is 15.0 Å². The van der Waals surface area contributed by atoms with Crippen LogP contribution in [0.1, 0.15) is 32.1 Å². The fourth-order valence-corrected chi connectivity index (χ4v) is 2.90. The molecule has 1 aliphatic heterocycles. The van der Waals surface area contributed by atoms with Crippen LogP contribution in [-0.2, 0) is 14.7 Å². The maximum atomic E-state index is 10.9. The molecular weight excluding hydrogens is 284 g/mol. The van der Waals surface area contributed by atoms with Crippen LogP contribution in [-0.4, -0.2) is 35.6 Å². The lowest BCUT2D eigenvalue weighted by molar-refractivity contribution is -0.476. The Morgan fingerprint density at radius 2 is 2.14 bits per heavy atom. The van der Waals surface area contributed by atoms with E-state index < -0.39 is 12.2 Å². The molecule has 1 aliphatic carbocycles. The van der Waals surface area contributed by atoms with E-state index in [9.17, 15) is 4.79 Å². The largest absolute Gasteiger partial charge is 0.478 e. The van der Waals surface area contributed by atoms with Crippen LogP contribution >= 0.6 is 0 Å². The molecule has 0 aromatic rings. The summed E-state index contributed by atoms with van der Waals surface area (Å²) in [6, 6.07) is 0. The summed E-state index contributed by atoms with van der Waals surface area (Å²) in [5, 5.41) is 13.9. The van der Waals surface area contributed by atoms with Gasteiger partial charge in [-0.1, -0.05) is 44.9 Å². The van der Waals surface area contributed by atoms with Crippen LogP contribution in [0, 0.1) is 5.92 Å². The summed E-state index contributed by atoms with van der Waals surface area (Å²) in [5.41, 5.74) is 0.559. The van der Waals surface area contributed by atoms with E-state index in [1.54, 1.807) is 11.1 Å². The molecule has 22 heavy (non-hydrogen) atoms. The summed E-state index contributed by atoms with van der Waals surface area (Å²) >= 11 is 0. The molecule has 6 heteroatoms. The van der Waals surface area contributed by atoms with Crippen molar-refractivity contribution in [2.75, 3.05) is 7.05 Å². The van der Waals surface area contributed by atoms with Gasteiger partial charge >= 0.3 is 5.97 Å². The second-order valence-electron chi connectivity index (χ2n) is 5.84. The smallest absolute Gasteiger partial charge is 0.335 e. The fraction of sp³-hybridized carbons (Fsp3) is 0.562. The SMILES string of the molecule is C=C/C(=C\C(=C)C(=O)O)C1NC(CC2CCCC2)N(C)OO1. The maximum Gasteiger partial charge on any atom is 0.335 e. The highest BCUT2D eigenvalue weighted by atomic mass is 17.3. The normalized spacial score (nSPS) is 27.8. The van der Waals surface area contributed by atoms with Gasteiger partial charge in [0.25, 0.3) is 0 Å². The summed E-state index contributed by atoms with van der Waals surface area (Å²) < 4.78 is 0. The molecule has 2 unspecified atom stereocenters. The lowest BCUT2D eigenvalue weighted by Gasteiger charge is -2.37. The minimum atomic E-state index is -1.07. The van der Waals surface area contributed by atoms with Crippen molar-refractivity contribution in [3.63, 3.8) is 0 Å². The summed E-state index contributed by atoms with van der Waals surface area (Å²) in [5.74, 6) is -0.386. The molecule has 1 saturated carbocycles. The van der Waals surface area contributed by atoms with Gasteiger partial charge in [-0.05, 0) is 24.0 Å². The van der Waals surface area contributed by atoms with Gasteiger partial charge in [0.2, 0.25) is 0 Å². The standard InChI is InChI=1S/C16H24N2O4/c1-4-13(9-11(2)16(19)20)15-17-14(18(3)22-21-15)10-12-7-5-6-8-12/h4,9,12,14-15,17H,1-2,5-8,10H2,3H3,(H,19,20)/b13-9+. The molecule has 0 aromatic carbocycles. The van der Waals surface area contributed by atoms with Crippen molar-refractivity contribution in [2.45, 2.75) is 44.5 Å². The van der Waals surface area contributed by atoms with E-state index in [0.29, 0.717) is 11.5 Å². The lowest BCUT2D eigenvalue weighted by atomic mass is 10.0. The van der Waals surface area contributed by atoms with E-state index in [-0.39, 0.29) is 11.7 Å². The fourth-order valence-electron chi connectivity index (χ4n) is 2.90. The van der Waals surface area contributed by atoms with Crippen LogP contribution in [0.4, 0.5) is 0 Å². The molecule has 0 radical (unpaired) electrons. The van der Waals surface area contributed by atoms with Crippen molar-refractivity contribution in [2.24, 2.45) is 5.92 Å². The molecule has 6 nitrogen and oxygen atoms in total. The maximum absolute atomic E-state index is 10.9. The molecule has 0 bridgehead atoms. The molecule has 2 fully saturated rings. The Hall–Kier alpha value is -1.47. The van der Waals surface area contributed by atoms with Gasteiger partial charge in [0, 0.05) is 7.05 Å². The van der Waals surface area contributed by atoms with Gasteiger partial charge in [-0.2, -0.15) is 4.89 Å². The second-order valence-corrected chi connectivity index (χ2v) is 5.84. The average molecular weight is 308 g/mol. The third-order valence-electron chi connectivity index (χ3n) is 4.22. The number of hydrogen-bond donors (Lipinski definition) is 2. The van der Waals surface area contributed by atoms with E-state index in [1.165, 1.54) is 31.8 Å². The van der Waals surface area contributed by atoms with Crippen LogP contribution in [0.3, 0.4) is 0 Å². The van der Waals surface area contributed by atoms with Gasteiger partial charge in [0.05, 0.1) is 11.7 Å². The molecule has 2 rings (SSSR count). The number of aliphatic carboxylic acids is 1. The number of hydroxylamine groups is 2. The Labute approximate surface area is 131 Å². The number of nitrogens with zero attached hydrogens (tertiary/aromatic N) is 1. The number of carboxylic acid groups (broad SMARTS) is 1. The second kappa shape index (κ2) is 7.69. The number of carboxylic acids is 1. The van der Waals surface area contributed by atoms with Crippen LogP contribution in [0.2, 0.25) is 0 Å².